The fourth-order valence-electron chi connectivity index (χ4n) is 2.34. The van der Waals surface area contributed by atoms with Gasteiger partial charge in [0.25, 0.3) is 0 Å². The molecule has 0 spiro atoms. The zero-order chi connectivity index (χ0) is 9.80. The SMILES string of the molecule is CC[SiH2]C(C1=CC=CC1)C1=CC=CC1.[Li]. The third kappa shape index (κ3) is 3.11. The van der Waals surface area contributed by atoms with Crippen LogP contribution in [0.3, 0.4) is 0 Å². The molecule has 2 aliphatic carbocycles. The number of rotatable bonds is 4. The summed E-state index contributed by atoms with van der Waals surface area (Å²) in [4.78, 5) is 0. The summed E-state index contributed by atoms with van der Waals surface area (Å²) in [6.45, 7) is 2.34. The largest absolute Gasteiger partial charge is 0.0805 e. The molecule has 1 radical (unpaired) electrons. The molecule has 0 amide bonds. The molecular weight excluding hydrogens is 191 g/mol. The first-order valence-corrected chi connectivity index (χ1v) is 7.44. The van der Waals surface area contributed by atoms with Gasteiger partial charge in [-0.2, -0.15) is 0 Å². The maximum atomic E-state index is 2.34. The molecule has 0 saturated carbocycles. The van der Waals surface area contributed by atoms with Crippen molar-refractivity contribution in [2.45, 2.75) is 31.4 Å². The van der Waals surface area contributed by atoms with Gasteiger partial charge in [0.05, 0.1) is 0 Å². The molecule has 15 heavy (non-hydrogen) atoms. The van der Waals surface area contributed by atoms with E-state index in [9.17, 15) is 0 Å². The smallest absolute Gasteiger partial charge is 0.0332 e. The zero-order valence-corrected chi connectivity index (χ0v) is 11.3. The third-order valence-corrected chi connectivity index (χ3v) is 5.28. The molecule has 2 rings (SSSR count). The van der Waals surface area contributed by atoms with Crippen molar-refractivity contribution in [1.29, 1.82) is 0 Å². The Bertz CT molecular complexity index is 293. The van der Waals surface area contributed by atoms with Crippen molar-refractivity contribution in [1.82, 2.24) is 0 Å². The van der Waals surface area contributed by atoms with Crippen molar-refractivity contribution in [3.63, 3.8) is 0 Å². The van der Waals surface area contributed by atoms with Gasteiger partial charge in [-0.1, -0.05) is 60.6 Å². The van der Waals surface area contributed by atoms with E-state index in [-0.39, 0.29) is 28.4 Å². The van der Waals surface area contributed by atoms with Crippen LogP contribution in [-0.4, -0.2) is 28.4 Å². The van der Waals surface area contributed by atoms with E-state index in [0.29, 0.717) is 0 Å². The topological polar surface area (TPSA) is 0 Å². The zero-order valence-electron chi connectivity index (χ0n) is 9.87. The van der Waals surface area contributed by atoms with E-state index in [1.165, 1.54) is 18.9 Å². The molecule has 0 unspecified atom stereocenters. The van der Waals surface area contributed by atoms with Gasteiger partial charge in [0.15, 0.2) is 0 Å². The molecule has 0 saturated heterocycles. The van der Waals surface area contributed by atoms with Gasteiger partial charge in [-0.25, -0.2) is 0 Å². The molecule has 0 fully saturated rings. The van der Waals surface area contributed by atoms with Crippen LogP contribution in [0.2, 0.25) is 11.6 Å². The molecule has 2 heteroatoms. The van der Waals surface area contributed by atoms with E-state index >= 15 is 0 Å². The molecule has 0 aromatic rings. The van der Waals surface area contributed by atoms with E-state index in [0.717, 1.165) is 5.54 Å². The van der Waals surface area contributed by atoms with Crippen LogP contribution in [0.25, 0.3) is 0 Å². The van der Waals surface area contributed by atoms with E-state index in [4.69, 9.17) is 0 Å². The van der Waals surface area contributed by atoms with Crippen LogP contribution in [0.15, 0.2) is 47.6 Å². The van der Waals surface area contributed by atoms with Crippen LogP contribution in [-0.2, 0) is 0 Å². The van der Waals surface area contributed by atoms with Crippen LogP contribution in [0.5, 0.6) is 0 Å². The van der Waals surface area contributed by atoms with E-state index in [1.54, 1.807) is 11.1 Å². The maximum Gasteiger partial charge on any atom is 0.0332 e. The molecule has 0 aromatic heterocycles. The molecule has 0 bridgehead atoms. The van der Waals surface area contributed by atoms with Gasteiger partial charge in [0, 0.05) is 28.4 Å². The van der Waals surface area contributed by atoms with Gasteiger partial charge in [-0.15, -0.1) is 0 Å². The Labute approximate surface area is 107 Å². The first-order valence-electron chi connectivity index (χ1n) is 5.63. The van der Waals surface area contributed by atoms with Crippen molar-refractivity contribution >= 4 is 28.4 Å². The minimum atomic E-state index is 0. The summed E-state index contributed by atoms with van der Waals surface area (Å²) >= 11 is 0. The average molecular weight is 209 g/mol. The molecule has 75 valence electrons. The molecule has 0 aromatic carbocycles. The molecule has 0 nitrogen and oxygen atoms in total. The first kappa shape index (κ1) is 12.8. The standard InChI is InChI=1S/C13H18Si.Li/c1-2-14-13(11-7-3-4-8-11)12-9-5-6-10-12;/h3-7,9,13H,2,8,10,14H2,1H3;. The second-order valence-corrected chi connectivity index (χ2v) is 6.48. The van der Waals surface area contributed by atoms with Gasteiger partial charge in [0.1, 0.15) is 0 Å². The Morgan fingerprint density at radius 1 is 1.13 bits per heavy atom. The predicted molar refractivity (Wildman–Crippen MR) is 72.2 cm³/mol. The van der Waals surface area contributed by atoms with Crippen LogP contribution < -0.4 is 0 Å². The van der Waals surface area contributed by atoms with Crippen LogP contribution in [0, 0.1) is 0 Å². The molecule has 0 atom stereocenters. The summed E-state index contributed by atoms with van der Waals surface area (Å²) in [5.74, 6) is 0. The molecule has 2 aliphatic rings. The fourth-order valence-corrected chi connectivity index (χ4v) is 4.27. The van der Waals surface area contributed by atoms with Crippen molar-refractivity contribution in [3.8, 4) is 0 Å². The Balaban J connectivity index is 0.00000112. The molecule has 0 heterocycles. The summed E-state index contributed by atoms with van der Waals surface area (Å²) < 4.78 is 0. The third-order valence-electron chi connectivity index (χ3n) is 3.07. The minimum Gasteiger partial charge on any atom is -0.0805 e. The van der Waals surface area contributed by atoms with Gasteiger partial charge in [-0.05, 0) is 18.4 Å². The Morgan fingerprint density at radius 3 is 2.00 bits per heavy atom. The van der Waals surface area contributed by atoms with Crippen LogP contribution in [0.4, 0.5) is 0 Å². The summed E-state index contributed by atoms with van der Waals surface area (Å²) in [6.07, 6.45) is 16.1. The number of hydrogen-bond donors (Lipinski definition) is 0. The number of hydrogen-bond acceptors (Lipinski definition) is 0. The second kappa shape index (κ2) is 6.38. The van der Waals surface area contributed by atoms with E-state index in [2.05, 4.69) is 43.4 Å². The van der Waals surface area contributed by atoms with Gasteiger partial charge in [0.2, 0.25) is 0 Å². The minimum absolute atomic E-state index is 0. The molecular formula is C13H18LiSi. The molecule has 0 aliphatic heterocycles. The summed E-state index contributed by atoms with van der Waals surface area (Å²) in [5.41, 5.74) is 4.20. The molecule has 0 N–H and O–H groups in total. The fraction of sp³-hybridized carbons (Fsp3) is 0.385. The van der Waals surface area contributed by atoms with E-state index in [1.807, 2.05) is 0 Å². The Kier molecular flexibility index (Phi) is 5.46. The van der Waals surface area contributed by atoms with Crippen molar-refractivity contribution in [2.75, 3.05) is 0 Å². The van der Waals surface area contributed by atoms with Gasteiger partial charge < -0.3 is 0 Å². The Morgan fingerprint density at radius 2 is 1.67 bits per heavy atom. The monoisotopic (exact) mass is 209 g/mol. The van der Waals surface area contributed by atoms with Crippen molar-refractivity contribution in [2.24, 2.45) is 0 Å². The van der Waals surface area contributed by atoms with Crippen LogP contribution in [0.1, 0.15) is 19.8 Å². The predicted octanol–water partition coefficient (Wildman–Crippen LogP) is 2.77. The quantitative estimate of drug-likeness (QED) is 0.625. The van der Waals surface area contributed by atoms with Gasteiger partial charge >= 0.3 is 0 Å². The van der Waals surface area contributed by atoms with Crippen molar-refractivity contribution in [3.05, 3.63) is 47.6 Å². The maximum absolute atomic E-state index is 2.34. The first-order chi connectivity index (χ1) is 6.92. The average Bonchev–Trinajstić information content (AvgIpc) is 2.87. The normalized spacial score (nSPS) is 18.8. The van der Waals surface area contributed by atoms with Crippen molar-refractivity contribution < 1.29 is 0 Å². The Hall–Kier alpha value is -0.226. The summed E-state index contributed by atoms with van der Waals surface area (Å²) in [5, 5.41) is 0. The second-order valence-electron chi connectivity index (χ2n) is 4.09. The van der Waals surface area contributed by atoms with Gasteiger partial charge in [-0.3, -0.25) is 0 Å². The van der Waals surface area contributed by atoms with Crippen LogP contribution >= 0.6 is 0 Å². The summed E-state index contributed by atoms with van der Waals surface area (Å²) in [7, 11) is 0.0603. The summed E-state index contributed by atoms with van der Waals surface area (Å²) in [6, 6.07) is 1.42. The van der Waals surface area contributed by atoms with E-state index < -0.39 is 0 Å². The number of allylic oxidation sites excluding steroid dienone is 8.